The molecule has 0 saturated heterocycles. The zero-order valence-electron chi connectivity index (χ0n) is 10.3. The van der Waals surface area contributed by atoms with E-state index in [1.807, 2.05) is 31.2 Å². The normalized spacial score (nSPS) is 12.4. The van der Waals surface area contributed by atoms with Crippen LogP contribution in [0, 0.1) is 0 Å². The highest BCUT2D eigenvalue weighted by Gasteiger charge is 2.12. The van der Waals surface area contributed by atoms with Gasteiger partial charge in [0.1, 0.15) is 12.4 Å². The van der Waals surface area contributed by atoms with E-state index in [-0.39, 0.29) is 6.04 Å². The molecule has 1 atom stereocenters. The molecule has 0 bridgehead atoms. The molecule has 2 N–H and O–H groups in total. The molecule has 94 valence electrons. The lowest BCUT2D eigenvalue weighted by Gasteiger charge is -2.16. The zero-order chi connectivity index (χ0) is 13.1. The number of halogens is 1. The maximum atomic E-state index is 6.00. The van der Waals surface area contributed by atoms with Crippen molar-refractivity contribution in [3.05, 3.63) is 53.0 Å². The highest BCUT2D eigenvalue weighted by atomic mass is 79.9. The topological polar surface area (TPSA) is 35.2 Å². The Morgan fingerprint density at radius 1 is 1.33 bits per heavy atom. The Labute approximate surface area is 116 Å². The largest absolute Gasteiger partial charge is 0.487 e. The molecule has 0 aromatic heterocycles. The third kappa shape index (κ3) is 2.74. The molecule has 0 saturated carbocycles. The van der Waals surface area contributed by atoms with Gasteiger partial charge >= 0.3 is 0 Å². The lowest BCUT2D eigenvalue weighted by atomic mass is 10.0. The van der Waals surface area contributed by atoms with Gasteiger partial charge in [-0.05, 0) is 12.3 Å². The Hall–Kier alpha value is -1.32. The van der Waals surface area contributed by atoms with Crippen LogP contribution in [-0.2, 0) is 0 Å². The third-order valence-corrected chi connectivity index (χ3v) is 3.00. The van der Waals surface area contributed by atoms with Gasteiger partial charge in [-0.3, -0.25) is 0 Å². The molecule has 2 aromatic carbocycles. The van der Waals surface area contributed by atoms with E-state index in [4.69, 9.17) is 10.5 Å². The molecule has 0 aliphatic heterocycles. The van der Waals surface area contributed by atoms with Crippen molar-refractivity contribution in [2.45, 2.75) is 13.0 Å². The van der Waals surface area contributed by atoms with E-state index in [9.17, 15) is 0 Å². The van der Waals surface area contributed by atoms with Crippen LogP contribution in [0.5, 0.6) is 5.75 Å². The van der Waals surface area contributed by atoms with Crippen molar-refractivity contribution in [1.29, 1.82) is 0 Å². The maximum absolute atomic E-state index is 6.00. The van der Waals surface area contributed by atoms with Crippen LogP contribution < -0.4 is 10.5 Å². The van der Waals surface area contributed by atoms with Gasteiger partial charge in [0.25, 0.3) is 0 Å². The summed E-state index contributed by atoms with van der Waals surface area (Å²) in [5.74, 6) is 0.851. The van der Waals surface area contributed by atoms with E-state index in [0.29, 0.717) is 6.61 Å². The SMILES string of the molecule is C=C(Br)COc1c([C@H](C)N)ccc2ccccc12. The Morgan fingerprint density at radius 2 is 2.06 bits per heavy atom. The van der Waals surface area contributed by atoms with Crippen molar-refractivity contribution in [3.8, 4) is 5.75 Å². The summed E-state index contributed by atoms with van der Waals surface area (Å²) >= 11 is 3.31. The van der Waals surface area contributed by atoms with Crippen LogP contribution in [0.4, 0.5) is 0 Å². The predicted octanol–water partition coefficient (Wildman–Crippen LogP) is 4.15. The van der Waals surface area contributed by atoms with E-state index >= 15 is 0 Å². The maximum Gasteiger partial charge on any atom is 0.132 e. The van der Waals surface area contributed by atoms with Gasteiger partial charge in [0.2, 0.25) is 0 Å². The molecule has 0 aliphatic rings. The van der Waals surface area contributed by atoms with Crippen LogP contribution in [-0.4, -0.2) is 6.61 Å². The fourth-order valence-electron chi connectivity index (χ4n) is 1.93. The summed E-state index contributed by atoms with van der Waals surface area (Å²) in [7, 11) is 0. The molecule has 0 amide bonds. The lowest BCUT2D eigenvalue weighted by molar-refractivity contribution is 0.359. The summed E-state index contributed by atoms with van der Waals surface area (Å²) in [6.45, 7) is 6.18. The van der Waals surface area contributed by atoms with Crippen molar-refractivity contribution in [3.63, 3.8) is 0 Å². The molecule has 0 unspecified atom stereocenters. The van der Waals surface area contributed by atoms with Crippen LogP contribution in [0.1, 0.15) is 18.5 Å². The molecule has 0 radical (unpaired) electrons. The monoisotopic (exact) mass is 305 g/mol. The predicted molar refractivity (Wildman–Crippen MR) is 80.1 cm³/mol. The van der Waals surface area contributed by atoms with Gasteiger partial charge in [0.15, 0.2) is 0 Å². The summed E-state index contributed by atoms with van der Waals surface area (Å²) in [6.07, 6.45) is 0. The Balaban J connectivity index is 2.55. The third-order valence-electron chi connectivity index (χ3n) is 2.77. The number of hydrogen-bond acceptors (Lipinski definition) is 2. The summed E-state index contributed by atoms with van der Waals surface area (Å²) < 4.78 is 6.66. The number of ether oxygens (including phenoxy) is 1. The standard InChI is InChI=1S/C15H16BrNO/c1-10(16)9-18-15-13(11(2)17)8-7-12-5-3-4-6-14(12)15/h3-8,11H,1,9,17H2,2H3/t11-/m0/s1. The summed E-state index contributed by atoms with van der Waals surface area (Å²) in [5.41, 5.74) is 7.01. The highest BCUT2D eigenvalue weighted by Crippen LogP contribution is 2.33. The second kappa shape index (κ2) is 5.55. The van der Waals surface area contributed by atoms with Gasteiger partial charge in [-0.25, -0.2) is 0 Å². The molecular formula is C15H16BrNO. The van der Waals surface area contributed by atoms with E-state index in [0.717, 1.165) is 26.6 Å². The van der Waals surface area contributed by atoms with Crippen molar-refractivity contribution >= 4 is 26.7 Å². The zero-order valence-corrected chi connectivity index (χ0v) is 11.9. The van der Waals surface area contributed by atoms with Crippen molar-refractivity contribution in [2.24, 2.45) is 5.73 Å². The van der Waals surface area contributed by atoms with E-state index in [1.54, 1.807) is 0 Å². The molecule has 0 heterocycles. The van der Waals surface area contributed by atoms with Crippen LogP contribution in [0.3, 0.4) is 0 Å². The van der Waals surface area contributed by atoms with Crippen molar-refractivity contribution in [1.82, 2.24) is 0 Å². The number of nitrogens with two attached hydrogens (primary N) is 1. The first kappa shape index (κ1) is 13.1. The Kier molecular flexibility index (Phi) is 4.04. The van der Waals surface area contributed by atoms with E-state index in [2.05, 4.69) is 34.6 Å². The minimum absolute atomic E-state index is 0.0619. The average Bonchev–Trinajstić information content (AvgIpc) is 2.35. The summed E-state index contributed by atoms with van der Waals surface area (Å²) in [6, 6.07) is 12.2. The van der Waals surface area contributed by atoms with Crippen molar-refractivity contribution in [2.75, 3.05) is 6.61 Å². The number of fused-ring (bicyclic) bond motifs is 1. The molecule has 0 fully saturated rings. The molecule has 2 rings (SSSR count). The summed E-state index contributed by atoms with van der Waals surface area (Å²) in [4.78, 5) is 0. The minimum Gasteiger partial charge on any atom is -0.487 e. The molecule has 2 aromatic rings. The van der Waals surface area contributed by atoms with Gasteiger partial charge in [-0.15, -0.1) is 0 Å². The summed E-state index contributed by atoms with van der Waals surface area (Å²) in [5, 5.41) is 2.23. The second-order valence-corrected chi connectivity index (χ2v) is 5.42. The molecule has 0 spiro atoms. The lowest BCUT2D eigenvalue weighted by Crippen LogP contribution is -2.09. The minimum atomic E-state index is -0.0619. The Morgan fingerprint density at radius 3 is 2.72 bits per heavy atom. The number of benzene rings is 2. The fourth-order valence-corrected chi connectivity index (χ4v) is 2.04. The molecule has 0 aliphatic carbocycles. The first-order valence-corrected chi connectivity index (χ1v) is 6.62. The van der Waals surface area contributed by atoms with Crippen LogP contribution >= 0.6 is 15.9 Å². The average molecular weight is 306 g/mol. The molecule has 3 heteroatoms. The molecular weight excluding hydrogens is 290 g/mol. The van der Waals surface area contributed by atoms with E-state index in [1.165, 1.54) is 0 Å². The molecule has 2 nitrogen and oxygen atoms in total. The van der Waals surface area contributed by atoms with Crippen LogP contribution in [0.2, 0.25) is 0 Å². The van der Waals surface area contributed by atoms with Gasteiger partial charge in [-0.2, -0.15) is 0 Å². The van der Waals surface area contributed by atoms with Crippen LogP contribution in [0.15, 0.2) is 47.5 Å². The van der Waals surface area contributed by atoms with Gasteiger partial charge in [0, 0.05) is 21.5 Å². The van der Waals surface area contributed by atoms with Gasteiger partial charge in [-0.1, -0.05) is 58.9 Å². The number of hydrogen-bond donors (Lipinski definition) is 1. The van der Waals surface area contributed by atoms with E-state index < -0.39 is 0 Å². The number of rotatable bonds is 4. The van der Waals surface area contributed by atoms with Crippen molar-refractivity contribution < 1.29 is 4.74 Å². The first-order chi connectivity index (χ1) is 8.59. The molecule has 18 heavy (non-hydrogen) atoms. The highest BCUT2D eigenvalue weighted by molar-refractivity contribution is 9.11. The second-order valence-electron chi connectivity index (χ2n) is 4.30. The first-order valence-electron chi connectivity index (χ1n) is 5.83. The smallest absolute Gasteiger partial charge is 0.132 e. The fraction of sp³-hybridized carbons (Fsp3) is 0.200. The van der Waals surface area contributed by atoms with Gasteiger partial charge in [0.05, 0.1) is 0 Å². The quantitative estimate of drug-likeness (QED) is 0.921. The van der Waals surface area contributed by atoms with Crippen LogP contribution in [0.25, 0.3) is 10.8 Å². The Bertz CT molecular complexity index is 578. The van der Waals surface area contributed by atoms with Gasteiger partial charge < -0.3 is 10.5 Å².